The van der Waals surface area contributed by atoms with E-state index in [9.17, 15) is 14.4 Å². The number of carbonyl (C=O) groups excluding carboxylic acids is 3. The molecule has 2 amide bonds. The summed E-state index contributed by atoms with van der Waals surface area (Å²) in [5.74, 6) is -0.145. The number of carbonyl (C=O) groups is 3. The number of aryl methyl sites for hydroxylation is 1. The summed E-state index contributed by atoms with van der Waals surface area (Å²) in [5, 5.41) is -0.455. The van der Waals surface area contributed by atoms with Crippen LogP contribution in [0.2, 0.25) is 0 Å². The maximum atomic E-state index is 12.8. The third kappa shape index (κ3) is 4.98. The Labute approximate surface area is 190 Å². The Kier molecular flexibility index (Phi) is 6.52. The molecule has 6 heteroatoms. The van der Waals surface area contributed by atoms with E-state index in [2.05, 4.69) is 0 Å². The van der Waals surface area contributed by atoms with Gasteiger partial charge >= 0.3 is 0 Å². The number of nitrogens with zero attached hydrogens (tertiary/aromatic N) is 1. The molecule has 1 saturated heterocycles. The summed E-state index contributed by atoms with van der Waals surface area (Å²) in [6.45, 7) is 2.14. The minimum Gasteiger partial charge on any atom is -0.488 e. The smallest absolute Gasteiger partial charge is 0.293 e. The number of imide groups is 1. The minimum absolute atomic E-state index is 0.266. The summed E-state index contributed by atoms with van der Waals surface area (Å²) < 4.78 is 5.97. The molecule has 0 aromatic heterocycles. The Morgan fingerprint density at radius 3 is 2.38 bits per heavy atom. The first-order valence-corrected chi connectivity index (χ1v) is 10.9. The second-order valence-corrected chi connectivity index (χ2v) is 8.36. The van der Waals surface area contributed by atoms with Gasteiger partial charge in [-0.25, -0.2) is 0 Å². The highest BCUT2D eigenvalue weighted by Gasteiger charge is 2.36. The molecule has 1 heterocycles. The van der Waals surface area contributed by atoms with Gasteiger partial charge in [-0.1, -0.05) is 78.4 Å². The Morgan fingerprint density at radius 2 is 1.62 bits per heavy atom. The van der Waals surface area contributed by atoms with Crippen LogP contribution in [0.15, 0.2) is 83.8 Å². The number of hydrogen-bond donors (Lipinski definition) is 0. The van der Waals surface area contributed by atoms with Crippen molar-refractivity contribution in [2.75, 3.05) is 6.54 Å². The molecule has 1 aliphatic heterocycles. The van der Waals surface area contributed by atoms with Gasteiger partial charge in [0.25, 0.3) is 11.1 Å². The number of ketones is 1. The van der Waals surface area contributed by atoms with Crippen LogP contribution >= 0.6 is 11.8 Å². The molecule has 0 atom stereocenters. The Bertz CT molecular complexity index is 1190. The van der Waals surface area contributed by atoms with Crippen molar-refractivity contribution in [2.45, 2.75) is 13.5 Å². The largest absolute Gasteiger partial charge is 0.488 e. The quantitative estimate of drug-likeness (QED) is 0.357. The number of hydrogen-bond acceptors (Lipinski definition) is 5. The molecular formula is C26H21NO4S. The molecule has 0 bridgehead atoms. The SMILES string of the molecule is Cc1ccc(COc2ccccc2/C=C2\SC(=O)N(CC(=O)c3ccccc3)C2=O)cc1. The maximum Gasteiger partial charge on any atom is 0.293 e. The molecule has 5 nitrogen and oxygen atoms in total. The van der Waals surface area contributed by atoms with Crippen molar-refractivity contribution in [1.29, 1.82) is 0 Å². The van der Waals surface area contributed by atoms with Crippen LogP contribution in [0.4, 0.5) is 4.79 Å². The van der Waals surface area contributed by atoms with Crippen molar-refractivity contribution < 1.29 is 19.1 Å². The first kappa shape index (κ1) is 21.6. The number of Topliss-reactive ketones (excluding diaryl/α,β-unsaturated/α-hetero) is 1. The fourth-order valence-electron chi connectivity index (χ4n) is 3.21. The molecule has 3 aromatic carbocycles. The number of para-hydroxylation sites is 1. The maximum absolute atomic E-state index is 12.8. The van der Waals surface area contributed by atoms with Gasteiger partial charge in [0.05, 0.1) is 11.4 Å². The Balaban J connectivity index is 1.49. The van der Waals surface area contributed by atoms with E-state index in [-0.39, 0.29) is 17.2 Å². The van der Waals surface area contributed by atoms with Crippen molar-refractivity contribution in [3.63, 3.8) is 0 Å². The Morgan fingerprint density at radius 1 is 0.938 bits per heavy atom. The number of rotatable bonds is 7. The van der Waals surface area contributed by atoms with Crippen molar-refractivity contribution in [1.82, 2.24) is 4.90 Å². The lowest BCUT2D eigenvalue weighted by Gasteiger charge is -2.11. The van der Waals surface area contributed by atoms with E-state index in [1.54, 1.807) is 36.4 Å². The third-order valence-electron chi connectivity index (χ3n) is 4.99. The average Bonchev–Trinajstić information content (AvgIpc) is 3.07. The summed E-state index contributed by atoms with van der Waals surface area (Å²) in [4.78, 5) is 39.0. The highest BCUT2D eigenvalue weighted by atomic mass is 32.2. The standard InChI is InChI=1S/C26H21NO4S/c1-18-11-13-19(14-12-18)17-31-23-10-6-5-9-21(23)15-24-25(29)27(26(30)32-24)16-22(28)20-7-3-2-4-8-20/h2-15H,16-17H2,1H3/b24-15-. The van der Waals surface area contributed by atoms with Crippen LogP contribution in [0, 0.1) is 6.92 Å². The van der Waals surface area contributed by atoms with Gasteiger partial charge in [-0.2, -0.15) is 0 Å². The van der Waals surface area contributed by atoms with E-state index in [4.69, 9.17) is 4.74 Å². The van der Waals surface area contributed by atoms with E-state index in [1.807, 2.05) is 55.5 Å². The van der Waals surface area contributed by atoms with Crippen LogP contribution in [0.25, 0.3) is 6.08 Å². The summed E-state index contributed by atoms with van der Waals surface area (Å²) in [7, 11) is 0. The van der Waals surface area contributed by atoms with Crippen LogP contribution in [-0.2, 0) is 11.4 Å². The first-order valence-electron chi connectivity index (χ1n) is 10.1. The van der Waals surface area contributed by atoms with Crippen molar-refractivity contribution in [2.24, 2.45) is 0 Å². The molecule has 32 heavy (non-hydrogen) atoms. The molecule has 0 aliphatic carbocycles. The van der Waals surface area contributed by atoms with Gasteiger partial charge in [0, 0.05) is 11.1 Å². The van der Waals surface area contributed by atoms with Crippen molar-refractivity contribution >= 4 is 34.8 Å². The van der Waals surface area contributed by atoms with E-state index in [0.717, 1.165) is 22.2 Å². The summed E-state index contributed by atoms with van der Waals surface area (Å²) in [6, 6.07) is 24.0. The molecule has 0 radical (unpaired) electrons. The topological polar surface area (TPSA) is 63.7 Å². The number of benzene rings is 3. The highest BCUT2D eigenvalue weighted by molar-refractivity contribution is 8.18. The van der Waals surface area contributed by atoms with E-state index >= 15 is 0 Å². The fourth-order valence-corrected chi connectivity index (χ4v) is 4.04. The van der Waals surface area contributed by atoms with Gasteiger partial charge in [0.15, 0.2) is 5.78 Å². The predicted molar refractivity (Wildman–Crippen MR) is 125 cm³/mol. The molecule has 0 saturated carbocycles. The third-order valence-corrected chi connectivity index (χ3v) is 5.90. The van der Waals surface area contributed by atoms with Gasteiger partial charge in [0.2, 0.25) is 0 Å². The number of amides is 2. The summed E-state index contributed by atoms with van der Waals surface area (Å²) >= 11 is 0.829. The van der Waals surface area contributed by atoms with Crippen LogP contribution in [0.5, 0.6) is 5.75 Å². The number of thioether (sulfide) groups is 1. The van der Waals surface area contributed by atoms with Gasteiger partial charge < -0.3 is 4.74 Å². The van der Waals surface area contributed by atoms with Gasteiger partial charge in [-0.3, -0.25) is 19.3 Å². The second kappa shape index (κ2) is 9.66. The second-order valence-electron chi connectivity index (χ2n) is 7.37. The molecule has 0 spiro atoms. The molecule has 0 unspecified atom stereocenters. The van der Waals surface area contributed by atoms with Gasteiger partial charge in [-0.15, -0.1) is 0 Å². The molecule has 4 rings (SSSR count). The van der Waals surface area contributed by atoms with Crippen molar-refractivity contribution in [3.05, 3.63) is 106 Å². The van der Waals surface area contributed by atoms with Gasteiger partial charge in [-0.05, 0) is 36.4 Å². The van der Waals surface area contributed by atoms with Crippen LogP contribution in [0.3, 0.4) is 0 Å². The fraction of sp³-hybridized carbons (Fsp3) is 0.115. The Hall–Kier alpha value is -3.64. The lowest BCUT2D eigenvalue weighted by atomic mass is 10.1. The monoisotopic (exact) mass is 443 g/mol. The predicted octanol–water partition coefficient (Wildman–Crippen LogP) is 5.49. The first-order chi connectivity index (χ1) is 15.5. The molecule has 1 aliphatic rings. The van der Waals surface area contributed by atoms with E-state index in [0.29, 0.717) is 23.5 Å². The summed E-state index contributed by atoms with van der Waals surface area (Å²) in [5.41, 5.74) is 3.37. The molecule has 3 aromatic rings. The zero-order chi connectivity index (χ0) is 22.5. The van der Waals surface area contributed by atoms with Crippen molar-refractivity contribution in [3.8, 4) is 5.75 Å². The van der Waals surface area contributed by atoms with Crippen LogP contribution in [0.1, 0.15) is 27.0 Å². The minimum atomic E-state index is -0.474. The van der Waals surface area contributed by atoms with E-state index < -0.39 is 11.1 Å². The normalized spacial score (nSPS) is 14.8. The summed E-state index contributed by atoms with van der Waals surface area (Å²) in [6.07, 6.45) is 1.64. The molecule has 160 valence electrons. The molecule has 1 fully saturated rings. The van der Waals surface area contributed by atoms with Crippen LogP contribution in [-0.4, -0.2) is 28.4 Å². The van der Waals surface area contributed by atoms with E-state index in [1.165, 1.54) is 5.56 Å². The highest BCUT2D eigenvalue weighted by Crippen LogP contribution is 2.34. The average molecular weight is 444 g/mol. The zero-order valence-corrected chi connectivity index (χ0v) is 18.3. The lowest BCUT2D eigenvalue weighted by Crippen LogP contribution is -2.33. The molecular weight excluding hydrogens is 422 g/mol. The zero-order valence-electron chi connectivity index (χ0n) is 17.5. The lowest BCUT2D eigenvalue weighted by molar-refractivity contribution is -0.122. The van der Waals surface area contributed by atoms with Crippen LogP contribution < -0.4 is 4.74 Å². The van der Waals surface area contributed by atoms with Gasteiger partial charge in [0.1, 0.15) is 12.4 Å². The molecule has 0 N–H and O–H groups in total. The number of ether oxygens (including phenoxy) is 1.